The highest BCUT2D eigenvalue weighted by atomic mass is 32.1. The minimum atomic E-state index is 0.299. The molecule has 14 heavy (non-hydrogen) atoms. The molecule has 74 valence electrons. The fourth-order valence-corrected chi connectivity index (χ4v) is 2.05. The van der Waals surface area contributed by atoms with Gasteiger partial charge in [-0.3, -0.25) is 0 Å². The molecule has 1 atom stereocenters. The summed E-state index contributed by atoms with van der Waals surface area (Å²) in [6.45, 7) is 2.73. The summed E-state index contributed by atoms with van der Waals surface area (Å²) in [5.41, 5.74) is 8.00. The minimum absolute atomic E-state index is 0.299. The van der Waals surface area contributed by atoms with Crippen molar-refractivity contribution in [1.82, 2.24) is 9.55 Å². The SMILES string of the molecule is CC(CN)n1cncc1-c1ccsc1. The minimum Gasteiger partial charge on any atom is -0.328 e. The largest absolute Gasteiger partial charge is 0.328 e. The Morgan fingerprint density at radius 2 is 2.50 bits per heavy atom. The normalized spacial score (nSPS) is 13.0. The van der Waals surface area contributed by atoms with Crippen molar-refractivity contribution in [2.24, 2.45) is 5.73 Å². The molecule has 2 aromatic heterocycles. The molecule has 0 amide bonds. The lowest BCUT2D eigenvalue weighted by Crippen LogP contribution is -2.15. The van der Waals surface area contributed by atoms with Gasteiger partial charge in [0.15, 0.2) is 0 Å². The van der Waals surface area contributed by atoms with E-state index in [1.54, 1.807) is 11.3 Å². The van der Waals surface area contributed by atoms with E-state index in [-0.39, 0.29) is 0 Å². The number of aromatic nitrogens is 2. The highest BCUT2D eigenvalue weighted by Gasteiger charge is 2.09. The summed E-state index contributed by atoms with van der Waals surface area (Å²) in [5, 5.41) is 4.19. The second-order valence-electron chi connectivity index (χ2n) is 3.28. The average molecular weight is 207 g/mol. The van der Waals surface area contributed by atoms with E-state index >= 15 is 0 Å². The zero-order chi connectivity index (χ0) is 9.97. The Balaban J connectivity index is 2.40. The standard InChI is InChI=1S/C10H13N3S/c1-8(4-11)13-7-12-5-10(13)9-2-3-14-6-9/h2-3,5-8H,4,11H2,1H3. The summed E-state index contributed by atoms with van der Waals surface area (Å²) in [5.74, 6) is 0. The molecule has 2 rings (SSSR count). The lowest BCUT2D eigenvalue weighted by Gasteiger charge is -2.13. The highest BCUT2D eigenvalue weighted by molar-refractivity contribution is 7.08. The van der Waals surface area contributed by atoms with Crippen LogP contribution >= 0.6 is 11.3 Å². The molecule has 1 unspecified atom stereocenters. The third kappa shape index (κ3) is 1.58. The predicted octanol–water partition coefficient (Wildman–Crippen LogP) is 2.13. The first-order valence-corrected chi connectivity index (χ1v) is 5.51. The third-order valence-corrected chi connectivity index (χ3v) is 2.98. The van der Waals surface area contributed by atoms with Crippen molar-refractivity contribution in [3.8, 4) is 11.3 Å². The summed E-state index contributed by atoms with van der Waals surface area (Å²) in [6.07, 6.45) is 3.72. The van der Waals surface area contributed by atoms with Crippen molar-refractivity contribution in [2.45, 2.75) is 13.0 Å². The lowest BCUT2D eigenvalue weighted by atomic mass is 10.2. The molecule has 2 heterocycles. The Hall–Kier alpha value is -1.13. The van der Waals surface area contributed by atoms with Gasteiger partial charge in [-0.2, -0.15) is 11.3 Å². The van der Waals surface area contributed by atoms with Crippen LogP contribution in [0.15, 0.2) is 29.4 Å². The molecule has 0 saturated heterocycles. The first kappa shape index (κ1) is 9.43. The van der Waals surface area contributed by atoms with Gasteiger partial charge >= 0.3 is 0 Å². The molecule has 0 aliphatic rings. The van der Waals surface area contributed by atoms with Crippen LogP contribution in [0.2, 0.25) is 0 Å². The Kier molecular flexibility index (Phi) is 2.65. The van der Waals surface area contributed by atoms with E-state index in [4.69, 9.17) is 5.73 Å². The van der Waals surface area contributed by atoms with Crippen LogP contribution in [-0.2, 0) is 0 Å². The first-order valence-electron chi connectivity index (χ1n) is 4.57. The first-order chi connectivity index (χ1) is 6.83. The van der Waals surface area contributed by atoms with Crippen LogP contribution in [0.5, 0.6) is 0 Å². The molecular formula is C10H13N3S. The van der Waals surface area contributed by atoms with Crippen LogP contribution in [0.25, 0.3) is 11.3 Å². The Bertz CT molecular complexity index is 391. The van der Waals surface area contributed by atoms with E-state index < -0.39 is 0 Å². The van der Waals surface area contributed by atoms with Gasteiger partial charge in [0.1, 0.15) is 0 Å². The van der Waals surface area contributed by atoms with Gasteiger partial charge in [-0.1, -0.05) is 0 Å². The molecule has 0 aliphatic heterocycles. The molecular weight excluding hydrogens is 194 g/mol. The smallest absolute Gasteiger partial charge is 0.0953 e. The fourth-order valence-electron chi connectivity index (χ4n) is 1.40. The van der Waals surface area contributed by atoms with E-state index in [2.05, 4.69) is 33.3 Å². The molecule has 0 aromatic carbocycles. The van der Waals surface area contributed by atoms with Crippen molar-refractivity contribution in [3.63, 3.8) is 0 Å². The number of thiophene rings is 1. The number of rotatable bonds is 3. The number of hydrogen-bond acceptors (Lipinski definition) is 3. The number of nitrogens with zero attached hydrogens (tertiary/aromatic N) is 2. The van der Waals surface area contributed by atoms with Gasteiger partial charge < -0.3 is 10.3 Å². The third-order valence-electron chi connectivity index (χ3n) is 2.30. The monoisotopic (exact) mass is 207 g/mol. The average Bonchev–Trinajstić information content (AvgIpc) is 2.85. The molecule has 0 saturated carbocycles. The van der Waals surface area contributed by atoms with E-state index in [1.165, 1.54) is 5.56 Å². The van der Waals surface area contributed by atoms with Gasteiger partial charge in [0.2, 0.25) is 0 Å². The topological polar surface area (TPSA) is 43.8 Å². The van der Waals surface area contributed by atoms with Crippen molar-refractivity contribution < 1.29 is 0 Å². The zero-order valence-electron chi connectivity index (χ0n) is 8.05. The van der Waals surface area contributed by atoms with Gasteiger partial charge in [0.25, 0.3) is 0 Å². The van der Waals surface area contributed by atoms with E-state index in [0.29, 0.717) is 12.6 Å². The van der Waals surface area contributed by atoms with E-state index in [1.807, 2.05) is 12.5 Å². The molecule has 3 nitrogen and oxygen atoms in total. The number of hydrogen-bond donors (Lipinski definition) is 1. The highest BCUT2D eigenvalue weighted by Crippen LogP contribution is 2.23. The molecule has 0 radical (unpaired) electrons. The summed E-state index contributed by atoms with van der Waals surface area (Å²) >= 11 is 1.69. The van der Waals surface area contributed by atoms with Crippen LogP contribution in [0.4, 0.5) is 0 Å². The van der Waals surface area contributed by atoms with E-state index in [0.717, 1.165) is 5.69 Å². The molecule has 0 spiro atoms. The Morgan fingerprint density at radius 3 is 3.14 bits per heavy atom. The zero-order valence-corrected chi connectivity index (χ0v) is 8.87. The van der Waals surface area contributed by atoms with Crippen molar-refractivity contribution >= 4 is 11.3 Å². The molecule has 0 bridgehead atoms. The van der Waals surface area contributed by atoms with Crippen molar-refractivity contribution in [1.29, 1.82) is 0 Å². The predicted molar refractivity (Wildman–Crippen MR) is 59.3 cm³/mol. The van der Waals surface area contributed by atoms with Gasteiger partial charge in [-0.05, 0) is 18.4 Å². The maximum absolute atomic E-state index is 5.64. The Morgan fingerprint density at radius 1 is 1.64 bits per heavy atom. The van der Waals surface area contributed by atoms with Gasteiger partial charge in [0, 0.05) is 23.5 Å². The molecule has 0 aliphatic carbocycles. The van der Waals surface area contributed by atoms with Gasteiger partial charge in [0.05, 0.1) is 18.2 Å². The summed E-state index contributed by atoms with van der Waals surface area (Å²) in [4.78, 5) is 4.16. The second-order valence-corrected chi connectivity index (χ2v) is 4.06. The van der Waals surface area contributed by atoms with Crippen molar-refractivity contribution in [2.75, 3.05) is 6.54 Å². The second kappa shape index (κ2) is 3.94. The fraction of sp³-hybridized carbons (Fsp3) is 0.300. The van der Waals surface area contributed by atoms with Crippen LogP contribution in [-0.4, -0.2) is 16.1 Å². The number of nitrogens with two attached hydrogens (primary N) is 1. The molecule has 4 heteroatoms. The van der Waals surface area contributed by atoms with E-state index in [9.17, 15) is 0 Å². The maximum Gasteiger partial charge on any atom is 0.0953 e. The van der Waals surface area contributed by atoms with Gasteiger partial charge in [-0.15, -0.1) is 0 Å². The molecule has 2 aromatic rings. The summed E-state index contributed by atoms with van der Waals surface area (Å²) in [6, 6.07) is 2.40. The number of imidazole rings is 1. The van der Waals surface area contributed by atoms with Crippen molar-refractivity contribution in [3.05, 3.63) is 29.4 Å². The van der Waals surface area contributed by atoms with Crippen LogP contribution in [0.3, 0.4) is 0 Å². The van der Waals surface area contributed by atoms with Gasteiger partial charge in [-0.25, -0.2) is 4.98 Å². The quantitative estimate of drug-likeness (QED) is 0.838. The molecule has 2 N–H and O–H groups in total. The lowest BCUT2D eigenvalue weighted by molar-refractivity contribution is 0.563. The van der Waals surface area contributed by atoms with Crippen LogP contribution in [0, 0.1) is 0 Å². The maximum atomic E-state index is 5.64. The Labute approximate surface area is 87.2 Å². The molecule has 0 fully saturated rings. The summed E-state index contributed by atoms with van der Waals surface area (Å²) in [7, 11) is 0. The van der Waals surface area contributed by atoms with Crippen LogP contribution < -0.4 is 5.73 Å². The summed E-state index contributed by atoms with van der Waals surface area (Å²) < 4.78 is 2.11. The van der Waals surface area contributed by atoms with Crippen LogP contribution in [0.1, 0.15) is 13.0 Å².